The van der Waals surface area contributed by atoms with Crippen LogP contribution < -0.4 is 10.3 Å². The molecular formula is C27H26BrF2N3O3. The highest BCUT2D eigenvalue weighted by molar-refractivity contribution is 9.10. The number of piperazine rings is 1. The minimum atomic E-state index is -0.877. The number of nitrogens with zero attached hydrogens (tertiary/aromatic N) is 3. The number of halogens is 3. The molecule has 0 bridgehead atoms. The van der Waals surface area contributed by atoms with Crippen molar-refractivity contribution < 1.29 is 18.4 Å². The topological polar surface area (TPSA) is 62.6 Å². The highest BCUT2D eigenvalue weighted by Crippen LogP contribution is 2.31. The number of hydrogen-bond donors (Lipinski definition) is 0. The number of hydrogen-bond acceptors (Lipinski definition) is 4. The first-order valence-corrected chi connectivity index (χ1v) is 12.5. The average molecular weight is 558 g/mol. The lowest BCUT2D eigenvalue weighted by Crippen LogP contribution is -2.54. The molecule has 0 spiro atoms. The van der Waals surface area contributed by atoms with Crippen molar-refractivity contribution in [2.45, 2.75) is 33.4 Å². The fraction of sp³-hybridized carbons (Fsp3) is 0.296. The van der Waals surface area contributed by atoms with Crippen LogP contribution in [0.1, 0.15) is 36.7 Å². The second kappa shape index (κ2) is 10.3. The molecule has 0 saturated carbocycles. The maximum absolute atomic E-state index is 15.8. The van der Waals surface area contributed by atoms with Crippen LogP contribution in [-0.2, 0) is 11.3 Å². The Morgan fingerprint density at radius 1 is 1.17 bits per heavy atom. The monoisotopic (exact) mass is 557 g/mol. The number of anilines is 1. The van der Waals surface area contributed by atoms with Crippen molar-refractivity contribution in [1.82, 2.24) is 9.47 Å². The van der Waals surface area contributed by atoms with Crippen molar-refractivity contribution in [2.75, 3.05) is 24.5 Å². The van der Waals surface area contributed by atoms with E-state index in [-0.39, 0.29) is 53.7 Å². The lowest BCUT2D eigenvalue weighted by Gasteiger charge is -2.40. The molecule has 2 heterocycles. The molecule has 1 aliphatic heterocycles. The van der Waals surface area contributed by atoms with Gasteiger partial charge in [0.2, 0.25) is 11.3 Å². The molecule has 1 amide bonds. The van der Waals surface area contributed by atoms with Crippen LogP contribution in [0.3, 0.4) is 0 Å². The molecule has 9 heteroatoms. The smallest absolute Gasteiger partial charge is 0.219 e. The number of allylic oxidation sites excluding steroid dienone is 1. The van der Waals surface area contributed by atoms with E-state index in [1.807, 2.05) is 31.2 Å². The van der Waals surface area contributed by atoms with Gasteiger partial charge in [0, 0.05) is 49.8 Å². The van der Waals surface area contributed by atoms with E-state index in [1.165, 1.54) is 23.8 Å². The SMILES string of the molecule is CCn1cc(C(=O)/C=C/c2ccc(Br)cc2)c(=O)c2cc(F)c(N3CCN(C(C)=O)C(C)C3)c(F)c21. The molecule has 1 aliphatic rings. The molecule has 1 saturated heterocycles. The van der Waals surface area contributed by atoms with Gasteiger partial charge >= 0.3 is 0 Å². The summed E-state index contributed by atoms with van der Waals surface area (Å²) in [7, 11) is 0. The molecule has 4 rings (SSSR count). The molecule has 36 heavy (non-hydrogen) atoms. The van der Waals surface area contributed by atoms with Gasteiger partial charge in [-0.1, -0.05) is 34.1 Å². The van der Waals surface area contributed by atoms with E-state index in [1.54, 1.807) is 22.8 Å². The Kier molecular flexibility index (Phi) is 7.40. The van der Waals surface area contributed by atoms with Crippen molar-refractivity contribution in [3.63, 3.8) is 0 Å². The Balaban J connectivity index is 1.76. The van der Waals surface area contributed by atoms with Crippen LogP contribution in [0.25, 0.3) is 17.0 Å². The molecule has 0 radical (unpaired) electrons. The predicted octanol–water partition coefficient (Wildman–Crippen LogP) is 5.02. The van der Waals surface area contributed by atoms with Crippen molar-refractivity contribution in [3.05, 3.63) is 80.1 Å². The molecule has 1 fully saturated rings. The number of aryl methyl sites for hydroxylation is 1. The van der Waals surface area contributed by atoms with Crippen LogP contribution in [0.5, 0.6) is 0 Å². The normalized spacial score (nSPS) is 16.2. The van der Waals surface area contributed by atoms with Gasteiger partial charge in [-0.3, -0.25) is 14.4 Å². The first-order chi connectivity index (χ1) is 17.1. The molecule has 1 aromatic heterocycles. The zero-order valence-electron chi connectivity index (χ0n) is 20.2. The standard InChI is InChI=1S/C27H26BrF2N3O3/c1-4-31-15-21(23(35)10-7-18-5-8-19(28)9-6-18)27(36)20-13-22(29)26(24(30)25(20)31)32-11-12-33(17(3)34)16(2)14-32/h5-10,13,15-16H,4,11-12,14H2,1-3H3/b10-7+. The zero-order chi connectivity index (χ0) is 26.1. The predicted molar refractivity (Wildman–Crippen MR) is 140 cm³/mol. The van der Waals surface area contributed by atoms with E-state index in [9.17, 15) is 14.4 Å². The van der Waals surface area contributed by atoms with E-state index in [4.69, 9.17) is 0 Å². The summed E-state index contributed by atoms with van der Waals surface area (Å²) in [6.45, 7) is 6.17. The number of benzene rings is 2. The van der Waals surface area contributed by atoms with Crippen molar-refractivity contribution in [3.8, 4) is 0 Å². The quantitative estimate of drug-likeness (QED) is 0.326. The largest absolute Gasteiger partial charge is 0.363 e. The number of aromatic nitrogens is 1. The lowest BCUT2D eigenvalue weighted by molar-refractivity contribution is -0.131. The summed E-state index contributed by atoms with van der Waals surface area (Å²) < 4.78 is 33.5. The van der Waals surface area contributed by atoms with E-state index >= 15 is 8.78 Å². The molecule has 1 unspecified atom stereocenters. The summed E-state index contributed by atoms with van der Waals surface area (Å²) in [6, 6.07) is 8.06. The highest BCUT2D eigenvalue weighted by atomic mass is 79.9. The van der Waals surface area contributed by atoms with Gasteiger partial charge in [-0.25, -0.2) is 8.78 Å². The Morgan fingerprint density at radius 3 is 2.47 bits per heavy atom. The van der Waals surface area contributed by atoms with Gasteiger partial charge in [-0.15, -0.1) is 0 Å². The van der Waals surface area contributed by atoms with Crippen LogP contribution >= 0.6 is 15.9 Å². The summed E-state index contributed by atoms with van der Waals surface area (Å²) >= 11 is 3.35. The number of carbonyl (C=O) groups excluding carboxylic acids is 2. The third-order valence-corrected chi connectivity index (χ3v) is 7.01. The molecule has 6 nitrogen and oxygen atoms in total. The van der Waals surface area contributed by atoms with Crippen molar-refractivity contribution in [2.24, 2.45) is 0 Å². The molecule has 1 atom stereocenters. The van der Waals surface area contributed by atoms with Gasteiger partial charge < -0.3 is 14.4 Å². The Hall–Kier alpha value is -3.33. The molecule has 2 aromatic carbocycles. The minimum absolute atomic E-state index is 0.0472. The molecule has 188 valence electrons. The molecule has 0 N–H and O–H groups in total. The van der Waals surface area contributed by atoms with Crippen LogP contribution in [0.2, 0.25) is 0 Å². The lowest BCUT2D eigenvalue weighted by atomic mass is 10.0. The summed E-state index contributed by atoms with van der Waals surface area (Å²) in [4.78, 5) is 41.1. The average Bonchev–Trinajstić information content (AvgIpc) is 2.84. The number of ketones is 1. The maximum Gasteiger partial charge on any atom is 0.219 e. The third-order valence-electron chi connectivity index (χ3n) is 6.48. The van der Waals surface area contributed by atoms with Crippen LogP contribution in [0, 0.1) is 11.6 Å². The Morgan fingerprint density at radius 2 is 1.86 bits per heavy atom. The fourth-order valence-corrected chi connectivity index (χ4v) is 4.92. The van der Waals surface area contributed by atoms with Gasteiger partial charge in [-0.05, 0) is 43.7 Å². The number of amides is 1. The number of rotatable bonds is 5. The third kappa shape index (κ3) is 4.84. The Labute approximate surface area is 215 Å². The second-order valence-electron chi connectivity index (χ2n) is 8.83. The van der Waals surface area contributed by atoms with Crippen LogP contribution in [-0.4, -0.2) is 46.8 Å². The van der Waals surface area contributed by atoms with Crippen LogP contribution in [0.15, 0.2) is 51.9 Å². The highest BCUT2D eigenvalue weighted by Gasteiger charge is 2.30. The van der Waals surface area contributed by atoms with E-state index < -0.39 is 22.8 Å². The van der Waals surface area contributed by atoms with E-state index in [0.29, 0.717) is 6.54 Å². The fourth-order valence-electron chi connectivity index (χ4n) is 4.66. The van der Waals surface area contributed by atoms with Crippen LogP contribution in [0.4, 0.5) is 14.5 Å². The van der Waals surface area contributed by atoms with Gasteiger partial charge in [0.1, 0.15) is 11.5 Å². The second-order valence-corrected chi connectivity index (χ2v) is 9.75. The summed E-state index contributed by atoms with van der Waals surface area (Å²) in [6.07, 6.45) is 4.20. The van der Waals surface area contributed by atoms with Gasteiger partial charge in [-0.2, -0.15) is 0 Å². The van der Waals surface area contributed by atoms with E-state index in [2.05, 4.69) is 15.9 Å². The zero-order valence-corrected chi connectivity index (χ0v) is 21.8. The first-order valence-electron chi connectivity index (χ1n) is 11.7. The molecule has 0 aliphatic carbocycles. The number of pyridine rings is 1. The van der Waals surface area contributed by atoms with E-state index in [0.717, 1.165) is 16.1 Å². The molecular weight excluding hydrogens is 532 g/mol. The number of carbonyl (C=O) groups is 2. The van der Waals surface area contributed by atoms with Crippen molar-refractivity contribution in [1.29, 1.82) is 0 Å². The first kappa shape index (κ1) is 25.8. The van der Waals surface area contributed by atoms with Crippen molar-refractivity contribution >= 4 is 50.3 Å². The maximum atomic E-state index is 15.8. The van der Waals surface area contributed by atoms with Gasteiger partial charge in [0.05, 0.1) is 16.5 Å². The Bertz CT molecular complexity index is 1430. The minimum Gasteiger partial charge on any atom is -0.363 e. The molecule has 3 aromatic rings. The summed E-state index contributed by atoms with van der Waals surface area (Å²) in [5, 5.41) is -0.186. The van der Waals surface area contributed by atoms with Gasteiger partial charge in [0.25, 0.3) is 0 Å². The van der Waals surface area contributed by atoms with Gasteiger partial charge in [0.15, 0.2) is 11.6 Å². The summed E-state index contributed by atoms with van der Waals surface area (Å²) in [5.74, 6) is -2.37. The summed E-state index contributed by atoms with van der Waals surface area (Å²) in [5.41, 5.74) is -0.390. The number of fused-ring (bicyclic) bond motifs is 1.